The van der Waals surface area contributed by atoms with Gasteiger partial charge in [0.2, 0.25) is 0 Å². The summed E-state index contributed by atoms with van der Waals surface area (Å²) in [5.74, 6) is -1.00. The van der Waals surface area contributed by atoms with Gasteiger partial charge in [-0.3, -0.25) is 14.4 Å². The molecule has 0 spiro atoms. The van der Waals surface area contributed by atoms with E-state index in [4.69, 9.17) is 14.2 Å². The second kappa shape index (κ2) is 35.2. The molecule has 0 saturated carbocycles. The van der Waals surface area contributed by atoms with Crippen LogP contribution in [-0.2, 0) is 28.6 Å². The van der Waals surface area contributed by atoms with Gasteiger partial charge in [-0.05, 0) is 44.9 Å². The van der Waals surface area contributed by atoms with Crippen LogP contribution in [0.5, 0.6) is 0 Å². The molecule has 0 fully saturated rings. The van der Waals surface area contributed by atoms with E-state index in [-0.39, 0.29) is 37.5 Å². The molecule has 0 aliphatic carbocycles. The van der Waals surface area contributed by atoms with Crippen molar-refractivity contribution in [1.82, 2.24) is 0 Å². The molecule has 46 heavy (non-hydrogen) atoms. The van der Waals surface area contributed by atoms with E-state index in [2.05, 4.69) is 57.2 Å². The van der Waals surface area contributed by atoms with Crippen LogP contribution in [0.3, 0.4) is 0 Å². The van der Waals surface area contributed by atoms with Gasteiger partial charge in [0.1, 0.15) is 13.2 Å². The van der Waals surface area contributed by atoms with Crippen LogP contribution < -0.4 is 0 Å². The Morgan fingerprint density at radius 2 is 0.848 bits per heavy atom. The van der Waals surface area contributed by atoms with Crippen molar-refractivity contribution < 1.29 is 28.6 Å². The highest BCUT2D eigenvalue weighted by Crippen LogP contribution is 2.12. The van der Waals surface area contributed by atoms with E-state index in [9.17, 15) is 14.4 Å². The summed E-state index contributed by atoms with van der Waals surface area (Å²) in [4.78, 5) is 37.2. The third-order valence-corrected chi connectivity index (χ3v) is 7.61. The largest absolute Gasteiger partial charge is 0.462 e. The minimum atomic E-state index is -0.791. The molecule has 1 atom stereocenters. The number of hydrogen-bond donors (Lipinski definition) is 0. The number of rotatable bonds is 32. The van der Waals surface area contributed by atoms with Crippen LogP contribution in [0.1, 0.15) is 168 Å². The maximum absolute atomic E-state index is 12.5. The van der Waals surface area contributed by atoms with Crippen molar-refractivity contribution in [2.24, 2.45) is 0 Å². The highest BCUT2D eigenvalue weighted by molar-refractivity contribution is 5.71. The zero-order chi connectivity index (χ0) is 33.8. The first-order chi connectivity index (χ1) is 22.5. The van der Waals surface area contributed by atoms with Gasteiger partial charge in [-0.25, -0.2) is 0 Å². The average Bonchev–Trinajstić information content (AvgIpc) is 3.05. The number of esters is 3. The van der Waals surface area contributed by atoms with Crippen molar-refractivity contribution in [3.63, 3.8) is 0 Å². The fraction of sp³-hybridized carbons (Fsp3) is 0.725. The van der Waals surface area contributed by atoms with E-state index in [1.807, 2.05) is 12.2 Å². The molecule has 0 bridgehead atoms. The molecule has 0 aliphatic heterocycles. The molecule has 0 saturated heterocycles. The maximum atomic E-state index is 12.5. The average molecular weight is 645 g/mol. The lowest BCUT2D eigenvalue weighted by molar-refractivity contribution is -0.166. The number of hydrogen-bond acceptors (Lipinski definition) is 6. The van der Waals surface area contributed by atoms with Gasteiger partial charge in [-0.1, -0.05) is 153 Å². The Morgan fingerprint density at radius 3 is 1.33 bits per heavy atom. The van der Waals surface area contributed by atoms with Crippen LogP contribution in [0, 0.1) is 0 Å². The maximum Gasteiger partial charge on any atom is 0.306 e. The molecule has 0 heterocycles. The van der Waals surface area contributed by atoms with E-state index in [1.165, 1.54) is 57.8 Å². The van der Waals surface area contributed by atoms with Crippen LogP contribution in [0.4, 0.5) is 0 Å². The highest BCUT2D eigenvalue weighted by Gasteiger charge is 2.19. The fourth-order valence-corrected chi connectivity index (χ4v) is 4.81. The van der Waals surface area contributed by atoms with Gasteiger partial charge in [0.15, 0.2) is 6.10 Å². The summed E-state index contributed by atoms with van der Waals surface area (Å²) in [7, 11) is 0. The van der Waals surface area contributed by atoms with Gasteiger partial charge in [-0.15, -0.1) is 0 Å². The van der Waals surface area contributed by atoms with E-state index in [0.29, 0.717) is 19.3 Å². The van der Waals surface area contributed by atoms with E-state index >= 15 is 0 Å². The molecule has 0 aromatic carbocycles. The topological polar surface area (TPSA) is 78.9 Å². The van der Waals surface area contributed by atoms with Crippen LogP contribution >= 0.6 is 0 Å². The summed E-state index contributed by atoms with van der Waals surface area (Å²) in [6, 6.07) is 0. The highest BCUT2D eigenvalue weighted by atomic mass is 16.6. The van der Waals surface area contributed by atoms with Gasteiger partial charge in [-0.2, -0.15) is 0 Å². The first-order valence-electron chi connectivity index (χ1n) is 18.6. The lowest BCUT2D eigenvalue weighted by Gasteiger charge is -2.18. The van der Waals surface area contributed by atoms with E-state index in [0.717, 1.165) is 64.2 Å². The van der Waals surface area contributed by atoms with Crippen molar-refractivity contribution in [2.45, 2.75) is 175 Å². The third-order valence-electron chi connectivity index (χ3n) is 7.61. The Bertz CT molecular complexity index is 841. The van der Waals surface area contributed by atoms with Crippen LogP contribution in [0.2, 0.25) is 0 Å². The van der Waals surface area contributed by atoms with Crippen molar-refractivity contribution >= 4 is 17.9 Å². The molecule has 6 heteroatoms. The predicted molar refractivity (Wildman–Crippen MR) is 192 cm³/mol. The first-order valence-corrected chi connectivity index (χ1v) is 18.6. The summed E-state index contributed by atoms with van der Waals surface area (Å²) in [6.07, 6.45) is 38.4. The summed E-state index contributed by atoms with van der Waals surface area (Å²) in [6.45, 7) is 6.34. The number of carbonyl (C=O) groups excluding carboxylic acids is 3. The summed E-state index contributed by atoms with van der Waals surface area (Å²) < 4.78 is 16.4. The number of allylic oxidation sites excluding steroid dienone is 8. The van der Waals surface area contributed by atoms with Gasteiger partial charge in [0.05, 0.1) is 0 Å². The second-order valence-electron chi connectivity index (χ2n) is 12.1. The minimum Gasteiger partial charge on any atom is -0.462 e. The number of carbonyl (C=O) groups is 3. The van der Waals surface area contributed by atoms with Gasteiger partial charge < -0.3 is 14.2 Å². The summed E-state index contributed by atoms with van der Waals surface area (Å²) >= 11 is 0. The molecule has 0 amide bonds. The minimum absolute atomic E-state index is 0.0946. The van der Waals surface area contributed by atoms with Crippen molar-refractivity contribution in [3.8, 4) is 0 Å². The molecule has 0 aromatic rings. The summed E-state index contributed by atoms with van der Waals surface area (Å²) in [5, 5.41) is 0. The molecule has 0 aromatic heterocycles. The second-order valence-corrected chi connectivity index (χ2v) is 12.1. The molecule has 1 unspecified atom stereocenters. The third kappa shape index (κ3) is 32.8. The first kappa shape index (κ1) is 43.4. The molecule has 0 radical (unpaired) electrons. The van der Waals surface area contributed by atoms with Crippen LogP contribution in [0.25, 0.3) is 0 Å². The Hall–Kier alpha value is -2.63. The van der Waals surface area contributed by atoms with E-state index in [1.54, 1.807) is 0 Å². The molecule has 0 aliphatic rings. The number of ether oxygens (including phenoxy) is 3. The van der Waals surface area contributed by atoms with Crippen molar-refractivity contribution in [2.75, 3.05) is 13.2 Å². The van der Waals surface area contributed by atoms with Crippen LogP contribution in [-0.4, -0.2) is 37.2 Å². The van der Waals surface area contributed by atoms with Crippen LogP contribution in [0.15, 0.2) is 48.6 Å². The van der Waals surface area contributed by atoms with Gasteiger partial charge >= 0.3 is 17.9 Å². The molecule has 0 rings (SSSR count). The normalized spacial score (nSPS) is 12.5. The molecular formula is C40H68O6. The fourth-order valence-electron chi connectivity index (χ4n) is 4.81. The molecule has 0 N–H and O–H groups in total. The van der Waals surface area contributed by atoms with Gasteiger partial charge in [0, 0.05) is 19.3 Å². The lowest BCUT2D eigenvalue weighted by Crippen LogP contribution is -2.30. The molecule has 264 valence electrons. The van der Waals surface area contributed by atoms with Gasteiger partial charge in [0.25, 0.3) is 0 Å². The molecule has 6 nitrogen and oxygen atoms in total. The van der Waals surface area contributed by atoms with Crippen molar-refractivity contribution in [1.29, 1.82) is 0 Å². The number of unbranched alkanes of at least 4 members (excludes halogenated alkanes) is 13. The smallest absolute Gasteiger partial charge is 0.306 e. The zero-order valence-corrected chi connectivity index (χ0v) is 29.8. The zero-order valence-electron chi connectivity index (χ0n) is 29.8. The predicted octanol–water partition coefficient (Wildman–Crippen LogP) is 11.2. The standard InChI is InChI=1S/C40H68O6/c1-4-7-10-13-16-18-19-20-21-22-25-27-30-33-39(42)45-36-37(35-44-38(41)32-29-26-23-15-12-9-6-3)46-40(43)34-31-28-24-17-14-11-8-5-2/h7,10,16,18,20-21,25,27,37H,4-6,8-9,11-15,17,19,22-24,26,28-36H2,1-3H3/b10-7-,18-16-,21-20-,27-25-. The quantitative estimate of drug-likeness (QED) is 0.0314. The summed E-state index contributed by atoms with van der Waals surface area (Å²) in [5.41, 5.74) is 0. The van der Waals surface area contributed by atoms with E-state index < -0.39 is 6.10 Å². The molecular weight excluding hydrogens is 576 g/mol. The van der Waals surface area contributed by atoms with Crippen molar-refractivity contribution in [3.05, 3.63) is 48.6 Å². The Morgan fingerprint density at radius 1 is 0.457 bits per heavy atom. The Labute approximate surface area is 282 Å². The Kier molecular flexibility index (Phi) is 33.2. The lowest BCUT2D eigenvalue weighted by atomic mass is 10.1. The Balaban J connectivity index is 4.46. The SMILES string of the molecule is CC/C=C\C/C=C\C/C=C\C/C=C\CCC(=O)OCC(COC(=O)CCCCCCCCC)OC(=O)CCCCCCCCCC. The monoisotopic (exact) mass is 645 g/mol.